The van der Waals surface area contributed by atoms with Crippen molar-refractivity contribution in [3.8, 4) is 0 Å². The second kappa shape index (κ2) is 6.96. The molecule has 0 radical (unpaired) electrons. The summed E-state index contributed by atoms with van der Waals surface area (Å²) in [7, 11) is 0. The van der Waals surface area contributed by atoms with E-state index >= 15 is 0 Å². The molecule has 122 valence electrons. The highest BCUT2D eigenvalue weighted by molar-refractivity contribution is 5.97. The molecule has 5 nitrogen and oxygen atoms in total. The smallest absolute Gasteiger partial charge is 0.254 e. The number of hydrogen-bond donors (Lipinski definition) is 2. The minimum atomic E-state index is -0.439. The standard InChI is InChI=1S/C18H22N2O3/c21-16-9-4-10-20(12-16)18(23)14-7-3-8-15(11-14)19-17(22)13-5-1-2-6-13/h1-3,7-8,11,13,16,21H,4-6,9-10,12H2,(H,19,22). The van der Waals surface area contributed by atoms with E-state index in [4.69, 9.17) is 0 Å². The first kappa shape index (κ1) is 15.7. The van der Waals surface area contributed by atoms with Crippen LogP contribution in [0.25, 0.3) is 0 Å². The van der Waals surface area contributed by atoms with Gasteiger partial charge in [0.05, 0.1) is 6.10 Å². The zero-order valence-corrected chi connectivity index (χ0v) is 13.1. The zero-order chi connectivity index (χ0) is 16.2. The molecule has 1 aromatic carbocycles. The van der Waals surface area contributed by atoms with Crippen LogP contribution < -0.4 is 5.32 Å². The third-order valence-electron chi connectivity index (χ3n) is 4.44. The fourth-order valence-corrected chi connectivity index (χ4v) is 3.13. The molecule has 1 atom stereocenters. The summed E-state index contributed by atoms with van der Waals surface area (Å²) in [5.74, 6) is -0.109. The Morgan fingerprint density at radius 2 is 2.00 bits per heavy atom. The Kier molecular flexibility index (Phi) is 4.76. The van der Waals surface area contributed by atoms with E-state index in [0.29, 0.717) is 24.3 Å². The van der Waals surface area contributed by atoms with Crippen LogP contribution in [-0.4, -0.2) is 41.0 Å². The summed E-state index contributed by atoms with van der Waals surface area (Å²) in [6.07, 6.45) is 6.71. The molecule has 1 saturated heterocycles. The lowest BCUT2D eigenvalue weighted by molar-refractivity contribution is -0.119. The molecule has 1 aromatic rings. The number of β-amino-alcohol motifs (C(OH)–C–C–N with tert-alkyl or cyclic N) is 1. The summed E-state index contributed by atoms with van der Waals surface area (Å²) < 4.78 is 0. The molecule has 1 fully saturated rings. The van der Waals surface area contributed by atoms with Crippen molar-refractivity contribution in [3.63, 3.8) is 0 Å². The van der Waals surface area contributed by atoms with Crippen LogP contribution in [0.1, 0.15) is 36.0 Å². The van der Waals surface area contributed by atoms with Crippen molar-refractivity contribution < 1.29 is 14.7 Å². The molecule has 2 N–H and O–H groups in total. The summed E-state index contributed by atoms with van der Waals surface area (Å²) in [6, 6.07) is 7.03. The molecule has 1 heterocycles. The van der Waals surface area contributed by atoms with Crippen LogP contribution in [0.4, 0.5) is 5.69 Å². The van der Waals surface area contributed by atoms with Crippen LogP contribution in [0.5, 0.6) is 0 Å². The third kappa shape index (κ3) is 3.79. The summed E-state index contributed by atoms with van der Waals surface area (Å²) in [5.41, 5.74) is 1.19. The van der Waals surface area contributed by atoms with Crippen molar-refractivity contribution in [2.45, 2.75) is 31.8 Å². The largest absolute Gasteiger partial charge is 0.391 e. The number of nitrogens with one attached hydrogen (secondary N) is 1. The van der Waals surface area contributed by atoms with Crippen LogP contribution in [0, 0.1) is 5.92 Å². The molecule has 2 amide bonds. The molecule has 3 rings (SSSR count). The van der Waals surface area contributed by atoms with Gasteiger partial charge in [-0.1, -0.05) is 18.2 Å². The number of likely N-dealkylation sites (tertiary alicyclic amines) is 1. The SMILES string of the molecule is O=C(Nc1cccc(C(=O)N2CCCC(O)C2)c1)C1CC=CC1. The minimum Gasteiger partial charge on any atom is -0.391 e. The van der Waals surface area contributed by atoms with E-state index in [1.807, 2.05) is 12.2 Å². The first-order valence-electron chi connectivity index (χ1n) is 8.17. The Labute approximate surface area is 136 Å². The number of piperidine rings is 1. The quantitative estimate of drug-likeness (QED) is 0.840. The Balaban J connectivity index is 1.66. The summed E-state index contributed by atoms with van der Waals surface area (Å²) in [4.78, 5) is 26.4. The molecule has 1 aliphatic heterocycles. The third-order valence-corrected chi connectivity index (χ3v) is 4.44. The van der Waals surface area contributed by atoms with Gasteiger partial charge in [0.1, 0.15) is 0 Å². The number of allylic oxidation sites excluding steroid dienone is 2. The molecule has 1 aliphatic carbocycles. The number of carbonyl (C=O) groups excluding carboxylic acids is 2. The van der Waals surface area contributed by atoms with E-state index in [1.54, 1.807) is 29.2 Å². The first-order chi connectivity index (χ1) is 11.1. The van der Waals surface area contributed by atoms with Gasteiger partial charge in [-0.25, -0.2) is 0 Å². The van der Waals surface area contributed by atoms with Gasteiger partial charge < -0.3 is 15.3 Å². The van der Waals surface area contributed by atoms with Gasteiger partial charge in [0.25, 0.3) is 5.91 Å². The molecular formula is C18H22N2O3. The monoisotopic (exact) mass is 314 g/mol. The van der Waals surface area contributed by atoms with Gasteiger partial charge in [-0.3, -0.25) is 9.59 Å². The Hall–Kier alpha value is -2.14. The lowest BCUT2D eigenvalue weighted by atomic mass is 10.1. The number of aliphatic hydroxyl groups excluding tert-OH is 1. The fraction of sp³-hybridized carbons (Fsp3) is 0.444. The molecule has 1 unspecified atom stereocenters. The van der Waals surface area contributed by atoms with E-state index < -0.39 is 6.10 Å². The number of nitrogens with zero attached hydrogens (tertiary/aromatic N) is 1. The normalized spacial score (nSPS) is 21.4. The molecule has 0 spiro atoms. The predicted octanol–water partition coefficient (Wildman–Crippen LogP) is 2.19. The van der Waals surface area contributed by atoms with Gasteiger partial charge in [0.2, 0.25) is 5.91 Å². The van der Waals surface area contributed by atoms with Crippen molar-refractivity contribution in [2.75, 3.05) is 18.4 Å². The van der Waals surface area contributed by atoms with E-state index in [-0.39, 0.29) is 17.7 Å². The van der Waals surface area contributed by atoms with Crippen molar-refractivity contribution >= 4 is 17.5 Å². The maximum atomic E-state index is 12.5. The van der Waals surface area contributed by atoms with E-state index in [0.717, 1.165) is 25.7 Å². The molecule has 0 saturated carbocycles. The molecule has 2 aliphatic rings. The first-order valence-corrected chi connectivity index (χ1v) is 8.17. The van der Waals surface area contributed by atoms with Crippen molar-refractivity contribution in [3.05, 3.63) is 42.0 Å². The van der Waals surface area contributed by atoms with Crippen molar-refractivity contribution in [1.29, 1.82) is 0 Å². The van der Waals surface area contributed by atoms with Gasteiger partial charge in [-0.05, 0) is 43.9 Å². The summed E-state index contributed by atoms with van der Waals surface area (Å²) in [6.45, 7) is 1.05. The Morgan fingerprint density at radius 1 is 1.22 bits per heavy atom. The van der Waals surface area contributed by atoms with Crippen LogP contribution >= 0.6 is 0 Å². The number of hydrogen-bond acceptors (Lipinski definition) is 3. The number of benzene rings is 1. The van der Waals surface area contributed by atoms with E-state index in [2.05, 4.69) is 5.32 Å². The van der Waals surface area contributed by atoms with E-state index in [1.165, 1.54) is 0 Å². The highest BCUT2D eigenvalue weighted by Crippen LogP contribution is 2.21. The van der Waals surface area contributed by atoms with Gasteiger partial charge in [-0.2, -0.15) is 0 Å². The summed E-state index contributed by atoms with van der Waals surface area (Å²) in [5, 5.41) is 12.6. The highest BCUT2D eigenvalue weighted by atomic mass is 16.3. The van der Waals surface area contributed by atoms with Crippen LogP contribution in [0.2, 0.25) is 0 Å². The Bertz CT molecular complexity index is 618. The fourth-order valence-electron chi connectivity index (χ4n) is 3.13. The van der Waals surface area contributed by atoms with Gasteiger partial charge in [0, 0.05) is 30.3 Å². The number of amides is 2. The van der Waals surface area contributed by atoms with Crippen LogP contribution in [0.15, 0.2) is 36.4 Å². The highest BCUT2D eigenvalue weighted by Gasteiger charge is 2.24. The lowest BCUT2D eigenvalue weighted by Gasteiger charge is -2.30. The molecule has 0 aromatic heterocycles. The Morgan fingerprint density at radius 3 is 2.74 bits per heavy atom. The van der Waals surface area contributed by atoms with Gasteiger partial charge >= 0.3 is 0 Å². The molecule has 5 heteroatoms. The topological polar surface area (TPSA) is 69.6 Å². The second-order valence-electron chi connectivity index (χ2n) is 6.26. The van der Waals surface area contributed by atoms with E-state index in [9.17, 15) is 14.7 Å². The predicted molar refractivity (Wildman–Crippen MR) is 88.1 cm³/mol. The maximum Gasteiger partial charge on any atom is 0.254 e. The molecule has 23 heavy (non-hydrogen) atoms. The van der Waals surface area contributed by atoms with Gasteiger partial charge in [0.15, 0.2) is 0 Å². The number of anilines is 1. The van der Waals surface area contributed by atoms with Crippen LogP contribution in [-0.2, 0) is 4.79 Å². The molecule has 0 bridgehead atoms. The average molecular weight is 314 g/mol. The number of aliphatic hydroxyl groups is 1. The zero-order valence-electron chi connectivity index (χ0n) is 13.1. The minimum absolute atomic E-state index is 0.00649. The lowest BCUT2D eigenvalue weighted by Crippen LogP contribution is -2.42. The number of rotatable bonds is 3. The second-order valence-corrected chi connectivity index (χ2v) is 6.26. The van der Waals surface area contributed by atoms with Crippen molar-refractivity contribution in [1.82, 2.24) is 4.90 Å². The average Bonchev–Trinajstić information content (AvgIpc) is 3.09. The molecular weight excluding hydrogens is 292 g/mol. The van der Waals surface area contributed by atoms with Crippen LogP contribution in [0.3, 0.4) is 0 Å². The van der Waals surface area contributed by atoms with Gasteiger partial charge in [-0.15, -0.1) is 0 Å². The van der Waals surface area contributed by atoms with Crippen molar-refractivity contribution in [2.24, 2.45) is 5.92 Å². The number of carbonyl (C=O) groups is 2. The summed E-state index contributed by atoms with van der Waals surface area (Å²) >= 11 is 0. The maximum absolute atomic E-state index is 12.5.